The van der Waals surface area contributed by atoms with E-state index in [1.807, 2.05) is 0 Å². The van der Waals surface area contributed by atoms with Crippen molar-refractivity contribution in [3.8, 4) is 0 Å². The van der Waals surface area contributed by atoms with Crippen LogP contribution in [-0.2, 0) is 21.2 Å². The molecule has 0 saturated heterocycles. The Morgan fingerprint density at radius 2 is 2.05 bits per heavy atom. The van der Waals surface area contributed by atoms with Gasteiger partial charge in [-0.15, -0.1) is 0 Å². The number of carbonyl (C=O) groups excluding carboxylic acids is 1. The number of benzene rings is 1. The summed E-state index contributed by atoms with van der Waals surface area (Å²) in [6, 6.07) is 6.41. The summed E-state index contributed by atoms with van der Waals surface area (Å²) in [7, 11) is -3.51. The van der Waals surface area contributed by atoms with E-state index in [1.54, 1.807) is 18.2 Å². The minimum absolute atomic E-state index is 0.0812. The average Bonchev–Trinajstić information content (AvgIpc) is 3.18. The van der Waals surface area contributed by atoms with Gasteiger partial charge in [0.05, 0.1) is 12.8 Å². The molecular weight excluding hydrogens is 295 g/mol. The first-order valence-electron chi connectivity index (χ1n) is 6.84. The van der Waals surface area contributed by atoms with Crippen molar-refractivity contribution in [3.63, 3.8) is 0 Å². The normalized spacial score (nSPS) is 15.2. The van der Waals surface area contributed by atoms with E-state index in [1.165, 1.54) is 6.07 Å². The van der Waals surface area contributed by atoms with Crippen LogP contribution in [0.2, 0.25) is 0 Å². The van der Waals surface area contributed by atoms with Crippen molar-refractivity contribution in [2.75, 3.05) is 19.3 Å². The molecule has 0 atom stereocenters. The number of rotatable bonds is 7. The van der Waals surface area contributed by atoms with Crippen LogP contribution in [0.25, 0.3) is 0 Å². The minimum atomic E-state index is -3.51. The third-order valence-corrected chi connectivity index (χ3v) is 4.57. The average molecular weight is 314 g/mol. The van der Waals surface area contributed by atoms with Gasteiger partial charge in [0.1, 0.15) is 5.82 Å². The van der Waals surface area contributed by atoms with Crippen molar-refractivity contribution >= 4 is 15.9 Å². The zero-order valence-electron chi connectivity index (χ0n) is 11.9. The maximum atomic E-state index is 13.5. The minimum Gasteiger partial charge on any atom is -0.352 e. The highest BCUT2D eigenvalue weighted by molar-refractivity contribution is 7.88. The molecule has 5 nitrogen and oxygen atoms in total. The highest BCUT2D eigenvalue weighted by Gasteiger charge is 2.26. The van der Waals surface area contributed by atoms with Gasteiger partial charge in [0.25, 0.3) is 0 Å². The quantitative estimate of drug-likeness (QED) is 0.813. The Hall–Kier alpha value is -1.47. The molecule has 0 spiro atoms. The monoisotopic (exact) mass is 314 g/mol. The molecule has 1 aromatic carbocycles. The molecule has 0 aromatic heterocycles. The SMILES string of the molecule is CS(=O)(=O)N(CCc1ccccc1F)CC(=O)NC1CC1. The van der Waals surface area contributed by atoms with Gasteiger partial charge in [0.2, 0.25) is 15.9 Å². The van der Waals surface area contributed by atoms with Gasteiger partial charge in [-0.25, -0.2) is 12.8 Å². The predicted octanol–water partition coefficient (Wildman–Crippen LogP) is 0.908. The molecular formula is C14H19FN2O3S. The molecule has 1 amide bonds. The number of carbonyl (C=O) groups is 1. The number of nitrogens with one attached hydrogen (secondary N) is 1. The van der Waals surface area contributed by atoms with Gasteiger partial charge >= 0.3 is 0 Å². The maximum Gasteiger partial charge on any atom is 0.235 e. The summed E-state index contributed by atoms with van der Waals surface area (Å²) < 4.78 is 38.1. The second kappa shape index (κ2) is 6.53. The smallest absolute Gasteiger partial charge is 0.235 e. The zero-order valence-corrected chi connectivity index (χ0v) is 12.7. The fourth-order valence-electron chi connectivity index (χ4n) is 1.97. The van der Waals surface area contributed by atoms with Crippen LogP contribution < -0.4 is 5.32 Å². The van der Waals surface area contributed by atoms with Crippen molar-refractivity contribution < 1.29 is 17.6 Å². The van der Waals surface area contributed by atoms with Crippen molar-refractivity contribution in [2.45, 2.75) is 25.3 Å². The summed E-state index contributed by atoms with van der Waals surface area (Å²) in [5.74, 6) is -0.676. The summed E-state index contributed by atoms with van der Waals surface area (Å²) in [6.07, 6.45) is 3.18. The molecule has 1 aliphatic carbocycles. The Balaban J connectivity index is 1.96. The lowest BCUT2D eigenvalue weighted by atomic mass is 10.1. The van der Waals surface area contributed by atoms with E-state index in [0.29, 0.717) is 5.56 Å². The fourth-order valence-corrected chi connectivity index (χ4v) is 2.74. The third-order valence-electron chi connectivity index (χ3n) is 3.32. The van der Waals surface area contributed by atoms with Crippen LogP contribution in [0.5, 0.6) is 0 Å². The van der Waals surface area contributed by atoms with Gasteiger partial charge in [-0.05, 0) is 30.9 Å². The molecule has 0 aliphatic heterocycles. The van der Waals surface area contributed by atoms with Crippen LogP contribution in [0.1, 0.15) is 18.4 Å². The van der Waals surface area contributed by atoms with Gasteiger partial charge in [0.15, 0.2) is 0 Å². The molecule has 0 radical (unpaired) electrons. The summed E-state index contributed by atoms with van der Waals surface area (Å²) in [5.41, 5.74) is 0.439. The van der Waals surface area contributed by atoms with Crippen LogP contribution in [0.15, 0.2) is 24.3 Å². The van der Waals surface area contributed by atoms with Crippen molar-refractivity contribution in [2.24, 2.45) is 0 Å². The molecule has 1 aromatic rings. The van der Waals surface area contributed by atoms with E-state index in [-0.39, 0.29) is 37.3 Å². The van der Waals surface area contributed by atoms with Gasteiger partial charge < -0.3 is 5.32 Å². The Morgan fingerprint density at radius 3 is 2.62 bits per heavy atom. The number of sulfonamides is 1. The highest BCUT2D eigenvalue weighted by atomic mass is 32.2. The molecule has 116 valence electrons. The van der Waals surface area contributed by atoms with Gasteiger partial charge in [0, 0.05) is 12.6 Å². The third kappa shape index (κ3) is 5.09. The zero-order chi connectivity index (χ0) is 15.5. The van der Waals surface area contributed by atoms with Gasteiger partial charge in [-0.3, -0.25) is 4.79 Å². The van der Waals surface area contributed by atoms with Crippen LogP contribution in [0.3, 0.4) is 0 Å². The van der Waals surface area contributed by atoms with E-state index in [9.17, 15) is 17.6 Å². The summed E-state index contributed by atoms with van der Waals surface area (Å²) in [5, 5.41) is 2.75. The molecule has 2 rings (SSSR count). The lowest BCUT2D eigenvalue weighted by Gasteiger charge is -2.19. The van der Waals surface area contributed by atoms with Crippen LogP contribution >= 0.6 is 0 Å². The number of halogens is 1. The van der Waals surface area contributed by atoms with E-state index < -0.39 is 10.0 Å². The molecule has 1 aliphatic rings. The standard InChI is InChI=1S/C14H19FN2O3S/c1-21(19,20)17(10-14(18)16-12-6-7-12)9-8-11-4-2-3-5-13(11)15/h2-5,12H,6-10H2,1H3,(H,16,18). The summed E-state index contributed by atoms with van der Waals surface area (Å²) >= 11 is 0. The molecule has 0 bridgehead atoms. The molecule has 21 heavy (non-hydrogen) atoms. The fraction of sp³-hybridized carbons (Fsp3) is 0.500. The van der Waals surface area contributed by atoms with Gasteiger partial charge in [-0.2, -0.15) is 4.31 Å². The molecule has 1 fully saturated rings. The predicted molar refractivity (Wildman–Crippen MR) is 77.7 cm³/mol. The molecule has 1 N–H and O–H groups in total. The second-order valence-electron chi connectivity index (χ2n) is 5.28. The number of hydrogen-bond acceptors (Lipinski definition) is 3. The van der Waals surface area contributed by atoms with E-state index in [4.69, 9.17) is 0 Å². The van der Waals surface area contributed by atoms with Crippen molar-refractivity contribution in [3.05, 3.63) is 35.6 Å². The summed E-state index contributed by atoms with van der Waals surface area (Å²) in [4.78, 5) is 11.7. The number of nitrogens with zero attached hydrogens (tertiary/aromatic N) is 1. The number of amides is 1. The Morgan fingerprint density at radius 1 is 1.38 bits per heavy atom. The van der Waals surface area contributed by atoms with Crippen LogP contribution in [0.4, 0.5) is 4.39 Å². The first-order chi connectivity index (χ1) is 9.86. The lowest BCUT2D eigenvalue weighted by molar-refractivity contribution is -0.121. The Kier molecular flexibility index (Phi) is 4.95. The van der Waals surface area contributed by atoms with Crippen molar-refractivity contribution in [1.82, 2.24) is 9.62 Å². The first kappa shape index (κ1) is 15.9. The Labute approximate surface area is 124 Å². The summed E-state index contributed by atoms with van der Waals surface area (Å²) in [6.45, 7) is -0.137. The molecule has 0 heterocycles. The number of hydrogen-bond donors (Lipinski definition) is 1. The Bertz CT molecular complexity index is 614. The first-order valence-corrected chi connectivity index (χ1v) is 8.69. The van der Waals surface area contributed by atoms with Crippen LogP contribution in [-0.4, -0.2) is 44.0 Å². The largest absolute Gasteiger partial charge is 0.352 e. The second-order valence-corrected chi connectivity index (χ2v) is 7.26. The topological polar surface area (TPSA) is 66.5 Å². The lowest BCUT2D eigenvalue weighted by Crippen LogP contribution is -2.41. The van der Waals surface area contributed by atoms with Gasteiger partial charge in [-0.1, -0.05) is 18.2 Å². The van der Waals surface area contributed by atoms with E-state index >= 15 is 0 Å². The molecule has 7 heteroatoms. The maximum absolute atomic E-state index is 13.5. The van der Waals surface area contributed by atoms with Crippen LogP contribution in [0, 0.1) is 5.82 Å². The highest BCUT2D eigenvalue weighted by Crippen LogP contribution is 2.18. The van der Waals surface area contributed by atoms with Crippen molar-refractivity contribution in [1.29, 1.82) is 0 Å². The van der Waals surface area contributed by atoms with E-state index in [2.05, 4.69) is 5.32 Å². The molecule has 0 unspecified atom stereocenters. The molecule has 1 saturated carbocycles. The van der Waals surface area contributed by atoms with E-state index in [0.717, 1.165) is 23.4 Å².